The van der Waals surface area contributed by atoms with Crippen molar-refractivity contribution in [2.45, 2.75) is 4.90 Å². The molecule has 0 bridgehead atoms. The maximum Gasteiger partial charge on any atom is 0.269 e. The van der Waals surface area contributed by atoms with E-state index in [-0.39, 0.29) is 16.1 Å². The van der Waals surface area contributed by atoms with E-state index in [2.05, 4.69) is 15.6 Å². The summed E-state index contributed by atoms with van der Waals surface area (Å²) in [6.07, 6.45) is 2.76. The van der Waals surface area contributed by atoms with E-state index in [0.717, 1.165) is 0 Å². The highest BCUT2D eigenvalue weighted by Crippen LogP contribution is 2.26. The molecule has 2 amide bonds. The van der Waals surface area contributed by atoms with E-state index in [0.29, 0.717) is 16.3 Å². The molecule has 0 aromatic heterocycles. The SMILES string of the molecule is COc1ccccc1NS(=O)(=O)c1cccc(C(=O)NNC(=O)C=Cc2cccc(Cl)c2)c1. The molecule has 0 aliphatic rings. The predicted octanol–water partition coefficient (Wildman–Crippen LogP) is 3.62. The number of halogens is 1. The van der Waals surface area contributed by atoms with Crippen molar-refractivity contribution in [3.05, 3.63) is 95.0 Å². The Morgan fingerprint density at radius 2 is 1.70 bits per heavy atom. The van der Waals surface area contributed by atoms with Crippen LogP contribution in [0.3, 0.4) is 0 Å². The summed E-state index contributed by atoms with van der Waals surface area (Å²) in [5.41, 5.74) is 5.49. The summed E-state index contributed by atoms with van der Waals surface area (Å²) < 4.78 is 33.1. The third kappa shape index (κ3) is 6.58. The first kappa shape index (κ1) is 23.8. The van der Waals surface area contributed by atoms with Gasteiger partial charge < -0.3 is 4.74 Å². The van der Waals surface area contributed by atoms with Crippen LogP contribution in [0.5, 0.6) is 5.75 Å². The zero-order valence-electron chi connectivity index (χ0n) is 17.4. The Morgan fingerprint density at radius 3 is 2.45 bits per heavy atom. The average molecular weight is 486 g/mol. The molecule has 10 heteroatoms. The van der Waals surface area contributed by atoms with Gasteiger partial charge in [0.2, 0.25) is 0 Å². The van der Waals surface area contributed by atoms with Crippen molar-refractivity contribution < 1.29 is 22.7 Å². The maximum absolute atomic E-state index is 12.8. The molecule has 0 atom stereocenters. The first-order valence-electron chi connectivity index (χ1n) is 9.58. The third-order valence-electron chi connectivity index (χ3n) is 4.33. The number of nitrogens with one attached hydrogen (secondary N) is 3. The second-order valence-electron chi connectivity index (χ2n) is 6.67. The number of sulfonamides is 1. The summed E-state index contributed by atoms with van der Waals surface area (Å²) in [6, 6.07) is 18.8. The Balaban J connectivity index is 1.66. The summed E-state index contributed by atoms with van der Waals surface area (Å²) in [5, 5.41) is 0.529. The number of amides is 2. The number of benzene rings is 3. The first-order valence-corrected chi connectivity index (χ1v) is 11.4. The molecule has 3 rings (SSSR count). The highest BCUT2D eigenvalue weighted by atomic mass is 35.5. The molecule has 0 radical (unpaired) electrons. The minimum Gasteiger partial charge on any atom is -0.495 e. The van der Waals surface area contributed by atoms with Gasteiger partial charge in [-0.25, -0.2) is 8.42 Å². The molecule has 0 aliphatic heterocycles. The van der Waals surface area contributed by atoms with Crippen molar-refractivity contribution in [2.75, 3.05) is 11.8 Å². The monoisotopic (exact) mass is 485 g/mol. The lowest BCUT2D eigenvalue weighted by molar-refractivity contribution is -0.117. The van der Waals surface area contributed by atoms with Gasteiger partial charge in [-0.2, -0.15) is 0 Å². The Hall–Kier alpha value is -3.82. The van der Waals surface area contributed by atoms with Gasteiger partial charge in [0, 0.05) is 16.7 Å². The van der Waals surface area contributed by atoms with Crippen LogP contribution in [0.15, 0.2) is 83.8 Å². The summed E-state index contributed by atoms with van der Waals surface area (Å²) in [6.45, 7) is 0. The fourth-order valence-electron chi connectivity index (χ4n) is 2.75. The molecular formula is C23H20ClN3O5S. The number of hydrazine groups is 1. The summed E-state index contributed by atoms with van der Waals surface area (Å²) in [7, 11) is -2.57. The van der Waals surface area contributed by atoms with Gasteiger partial charge in [0.1, 0.15) is 5.75 Å². The first-order chi connectivity index (χ1) is 15.8. The van der Waals surface area contributed by atoms with Crippen molar-refractivity contribution in [2.24, 2.45) is 0 Å². The van der Waals surface area contributed by atoms with Gasteiger partial charge in [-0.1, -0.05) is 41.9 Å². The minimum absolute atomic E-state index is 0.0389. The molecule has 33 heavy (non-hydrogen) atoms. The smallest absolute Gasteiger partial charge is 0.269 e. The van der Waals surface area contributed by atoms with Gasteiger partial charge in [0.05, 0.1) is 17.7 Å². The number of carbonyl (C=O) groups excluding carboxylic acids is 2. The van der Waals surface area contributed by atoms with E-state index in [9.17, 15) is 18.0 Å². The topological polar surface area (TPSA) is 114 Å². The molecule has 3 aromatic rings. The van der Waals surface area contributed by atoms with Crippen LogP contribution < -0.4 is 20.3 Å². The third-order valence-corrected chi connectivity index (χ3v) is 5.93. The van der Waals surface area contributed by atoms with Crippen LogP contribution in [0.25, 0.3) is 6.08 Å². The Kier molecular flexibility index (Phi) is 7.70. The van der Waals surface area contributed by atoms with Gasteiger partial charge in [-0.05, 0) is 54.1 Å². The quantitative estimate of drug-likeness (QED) is 0.349. The molecule has 0 spiro atoms. The molecule has 170 valence electrons. The summed E-state index contributed by atoms with van der Waals surface area (Å²) in [5.74, 6) is -0.915. The standard InChI is InChI=1S/C23H20ClN3O5S/c1-32-21-11-3-2-10-20(21)27-33(30,31)19-9-5-7-17(15-19)23(29)26-25-22(28)13-12-16-6-4-8-18(24)14-16/h2-15,27H,1H3,(H,25,28)(H,26,29). The van der Waals surface area contributed by atoms with E-state index in [1.807, 2.05) is 0 Å². The fourth-order valence-corrected chi connectivity index (χ4v) is 4.07. The van der Waals surface area contributed by atoms with Crippen molar-refractivity contribution in [1.29, 1.82) is 0 Å². The van der Waals surface area contributed by atoms with Gasteiger partial charge >= 0.3 is 0 Å². The molecule has 0 saturated heterocycles. The van der Waals surface area contributed by atoms with Gasteiger partial charge in [-0.15, -0.1) is 0 Å². The highest BCUT2D eigenvalue weighted by Gasteiger charge is 2.18. The number of ether oxygens (including phenoxy) is 1. The number of hydrogen-bond donors (Lipinski definition) is 3. The van der Waals surface area contributed by atoms with Gasteiger partial charge in [0.15, 0.2) is 0 Å². The number of methoxy groups -OCH3 is 1. The second kappa shape index (κ2) is 10.7. The van der Waals surface area contributed by atoms with E-state index < -0.39 is 21.8 Å². The van der Waals surface area contributed by atoms with Crippen LogP contribution >= 0.6 is 11.6 Å². The normalized spacial score (nSPS) is 11.1. The largest absolute Gasteiger partial charge is 0.495 e. The van der Waals surface area contributed by atoms with E-state index in [4.69, 9.17) is 16.3 Å². The van der Waals surface area contributed by atoms with Crippen LogP contribution in [-0.4, -0.2) is 27.3 Å². The lowest BCUT2D eigenvalue weighted by atomic mass is 10.2. The van der Waals surface area contributed by atoms with Crippen LogP contribution in [0, 0.1) is 0 Å². The summed E-state index contributed by atoms with van der Waals surface area (Å²) in [4.78, 5) is 24.2. The maximum atomic E-state index is 12.8. The molecule has 0 aliphatic carbocycles. The molecule has 3 aromatic carbocycles. The van der Waals surface area contributed by atoms with Crippen LogP contribution in [0.4, 0.5) is 5.69 Å². The summed E-state index contributed by atoms with van der Waals surface area (Å²) >= 11 is 5.89. The highest BCUT2D eigenvalue weighted by molar-refractivity contribution is 7.92. The molecule has 0 saturated carbocycles. The van der Waals surface area contributed by atoms with Crippen molar-refractivity contribution in [3.63, 3.8) is 0 Å². The number of para-hydroxylation sites is 2. The number of carbonyl (C=O) groups is 2. The predicted molar refractivity (Wildman–Crippen MR) is 126 cm³/mol. The fraction of sp³-hybridized carbons (Fsp3) is 0.0435. The Bertz CT molecular complexity index is 1310. The Morgan fingerprint density at radius 1 is 0.939 bits per heavy atom. The molecule has 0 unspecified atom stereocenters. The zero-order valence-corrected chi connectivity index (χ0v) is 19.0. The zero-order chi connectivity index (χ0) is 23.8. The van der Waals surface area contributed by atoms with Crippen molar-refractivity contribution in [1.82, 2.24) is 10.9 Å². The number of rotatable bonds is 7. The molecule has 0 heterocycles. The lowest BCUT2D eigenvalue weighted by Gasteiger charge is -2.12. The van der Waals surface area contributed by atoms with Gasteiger partial charge in [0.25, 0.3) is 21.8 Å². The van der Waals surface area contributed by atoms with Crippen LogP contribution in [0.2, 0.25) is 5.02 Å². The van der Waals surface area contributed by atoms with Crippen molar-refractivity contribution in [3.8, 4) is 5.75 Å². The number of anilines is 1. The second-order valence-corrected chi connectivity index (χ2v) is 8.78. The van der Waals surface area contributed by atoms with Gasteiger partial charge in [-0.3, -0.25) is 25.2 Å². The Labute approximate surface area is 196 Å². The number of hydrogen-bond acceptors (Lipinski definition) is 5. The van der Waals surface area contributed by atoms with Crippen LogP contribution in [0.1, 0.15) is 15.9 Å². The lowest BCUT2D eigenvalue weighted by Crippen LogP contribution is -2.40. The van der Waals surface area contributed by atoms with E-state index >= 15 is 0 Å². The molecule has 0 fully saturated rings. The van der Waals surface area contributed by atoms with Crippen LogP contribution in [-0.2, 0) is 14.8 Å². The molecule has 3 N–H and O–H groups in total. The van der Waals surface area contributed by atoms with E-state index in [1.165, 1.54) is 43.5 Å². The molecule has 8 nitrogen and oxygen atoms in total. The minimum atomic E-state index is -4.00. The average Bonchev–Trinajstić information content (AvgIpc) is 2.81. The molecular weight excluding hydrogens is 466 g/mol. The van der Waals surface area contributed by atoms with Crippen molar-refractivity contribution >= 4 is 45.2 Å². The van der Waals surface area contributed by atoms with E-state index in [1.54, 1.807) is 48.5 Å².